The van der Waals surface area contributed by atoms with Gasteiger partial charge >= 0.3 is 0 Å². The highest BCUT2D eigenvalue weighted by molar-refractivity contribution is 7.92. The van der Waals surface area contributed by atoms with Gasteiger partial charge in [0, 0.05) is 30.0 Å². The molecule has 0 aliphatic rings. The van der Waals surface area contributed by atoms with Crippen molar-refractivity contribution in [2.45, 2.75) is 18.7 Å². The number of sulfonamides is 1. The minimum atomic E-state index is -3.86. The molecule has 4 aromatic rings. The normalized spacial score (nSPS) is 11.3. The molecule has 11 heteroatoms. The Balaban J connectivity index is 1.38. The first-order chi connectivity index (χ1) is 15.3. The van der Waals surface area contributed by atoms with Crippen LogP contribution in [-0.4, -0.2) is 40.3 Å². The van der Waals surface area contributed by atoms with Crippen LogP contribution in [0.2, 0.25) is 0 Å². The molecule has 3 heterocycles. The predicted octanol–water partition coefficient (Wildman–Crippen LogP) is 2.56. The van der Waals surface area contributed by atoms with Crippen LogP contribution in [0.4, 0.5) is 11.6 Å². The molecule has 0 radical (unpaired) electrons. The maximum Gasteiger partial charge on any atom is 0.264 e. The molecule has 0 saturated heterocycles. The Kier molecular flexibility index (Phi) is 5.73. The van der Waals surface area contributed by atoms with Gasteiger partial charge in [0.25, 0.3) is 15.9 Å². The van der Waals surface area contributed by atoms with Crippen molar-refractivity contribution in [3.05, 3.63) is 72.4 Å². The molecule has 0 unspecified atom stereocenters. The van der Waals surface area contributed by atoms with Crippen LogP contribution in [0, 0.1) is 13.8 Å². The number of carbonyl (C=O) groups excluding carboxylic acids is 1. The number of benzene rings is 1. The molecule has 2 N–H and O–H groups in total. The Morgan fingerprint density at radius 2 is 1.84 bits per heavy atom. The van der Waals surface area contributed by atoms with Crippen molar-refractivity contribution in [2.75, 3.05) is 16.6 Å². The van der Waals surface area contributed by atoms with E-state index < -0.39 is 15.9 Å². The average molecular weight is 452 g/mol. The lowest BCUT2D eigenvalue weighted by Crippen LogP contribution is -2.20. The highest BCUT2D eigenvalue weighted by Crippen LogP contribution is 2.19. The van der Waals surface area contributed by atoms with Crippen molar-refractivity contribution in [1.29, 1.82) is 0 Å². The highest BCUT2D eigenvalue weighted by atomic mass is 32.2. The number of hydrogen-bond donors (Lipinski definition) is 2. The van der Waals surface area contributed by atoms with Crippen molar-refractivity contribution in [3.63, 3.8) is 0 Å². The second-order valence-corrected chi connectivity index (χ2v) is 8.66. The molecule has 0 bridgehead atoms. The van der Waals surface area contributed by atoms with Crippen molar-refractivity contribution >= 4 is 33.2 Å². The first-order valence-corrected chi connectivity index (χ1v) is 11.1. The maximum absolute atomic E-state index is 12.5. The summed E-state index contributed by atoms with van der Waals surface area (Å²) in [4.78, 5) is 24.6. The lowest BCUT2D eigenvalue weighted by Gasteiger charge is -2.10. The fraction of sp³-hybridized carbons (Fsp3) is 0.143. The summed E-state index contributed by atoms with van der Waals surface area (Å²) in [5, 5.41) is 2.67. The molecule has 0 fully saturated rings. The van der Waals surface area contributed by atoms with Gasteiger partial charge in [0.1, 0.15) is 0 Å². The molecular weight excluding hydrogens is 432 g/mol. The van der Waals surface area contributed by atoms with E-state index in [0.717, 1.165) is 5.69 Å². The zero-order valence-corrected chi connectivity index (χ0v) is 18.1. The van der Waals surface area contributed by atoms with E-state index in [4.69, 9.17) is 4.74 Å². The Hall–Kier alpha value is -3.99. The molecule has 164 valence electrons. The first-order valence-electron chi connectivity index (χ1n) is 9.60. The number of ether oxygens (including phenoxy) is 1. The van der Waals surface area contributed by atoms with Crippen LogP contribution in [-0.2, 0) is 14.8 Å². The van der Waals surface area contributed by atoms with Crippen LogP contribution < -0.4 is 14.8 Å². The molecule has 1 aromatic carbocycles. The molecule has 32 heavy (non-hydrogen) atoms. The van der Waals surface area contributed by atoms with Crippen LogP contribution in [0.3, 0.4) is 0 Å². The SMILES string of the molecule is Cc1ccnc(NS(=O)(=O)c2ccc(NC(=O)COc3cccn4cc(C)nc34)cc2)n1. The Morgan fingerprint density at radius 3 is 2.59 bits per heavy atom. The topological polar surface area (TPSA) is 128 Å². The average Bonchev–Trinajstić information content (AvgIpc) is 3.13. The number of aryl methyl sites for hydroxylation is 2. The second kappa shape index (κ2) is 8.63. The largest absolute Gasteiger partial charge is 0.480 e. The van der Waals surface area contributed by atoms with Gasteiger partial charge in [-0.3, -0.25) is 4.79 Å². The third-order valence-corrected chi connectivity index (χ3v) is 5.74. The number of anilines is 2. The predicted molar refractivity (Wildman–Crippen MR) is 118 cm³/mol. The number of fused-ring (bicyclic) bond motifs is 1. The quantitative estimate of drug-likeness (QED) is 0.441. The zero-order chi connectivity index (χ0) is 22.7. The van der Waals surface area contributed by atoms with E-state index in [1.807, 2.05) is 23.7 Å². The number of pyridine rings is 1. The summed E-state index contributed by atoms with van der Waals surface area (Å²) in [7, 11) is -3.86. The Labute approximate surface area is 184 Å². The van der Waals surface area contributed by atoms with E-state index in [-0.39, 0.29) is 17.5 Å². The van der Waals surface area contributed by atoms with Crippen molar-refractivity contribution < 1.29 is 17.9 Å². The molecule has 0 saturated carbocycles. The van der Waals surface area contributed by atoms with Gasteiger partial charge in [0.05, 0.1) is 10.6 Å². The van der Waals surface area contributed by atoms with Crippen molar-refractivity contribution in [2.24, 2.45) is 0 Å². The smallest absolute Gasteiger partial charge is 0.264 e. The molecule has 3 aromatic heterocycles. The van der Waals surface area contributed by atoms with Gasteiger partial charge in [-0.25, -0.2) is 28.1 Å². The Bertz CT molecular complexity index is 1380. The van der Waals surface area contributed by atoms with Crippen LogP contribution in [0.15, 0.2) is 66.0 Å². The van der Waals surface area contributed by atoms with Gasteiger partial charge < -0.3 is 14.5 Å². The van der Waals surface area contributed by atoms with Gasteiger partial charge in [-0.2, -0.15) is 0 Å². The van der Waals surface area contributed by atoms with Crippen LogP contribution in [0.1, 0.15) is 11.4 Å². The van der Waals surface area contributed by atoms with Crippen molar-refractivity contribution in [3.8, 4) is 5.75 Å². The van der Waals surface area contributed by atoms with Gasteiger partial charge in [-0.15, -0.1) is 0 Å². The second-order valence-electron chi connectivity index (χ2n) is 6.97. The molecule has 1 amide bonds. The molecule has 10 nitrogen and oxygen atoms in total. The number of nitrogens with zero attached hydrogens (tertiary/aromatic N) is 4. The number of hydrogen-bond acceptors (Lipinski definition) is 7. The standard InChI is InChI=1S/C21H20N6O4S/c1-14-9-10-22-21(24-14)26-32(29,30)17-7-5-16(6-8-17)25-19(28)13-31-18-4-3-11-27-12-15(2)23-20(18)27/h3-12H,13H2,1-2H3,(H,25,28)(H,22,24,26). The summed E-state index contributed by atoms with van der Waals surface area (Å²) in [6.07, 6.45) is 5.17. The van der Waals surface area contributed by atoms with E-state index in [0.29, 0.717) is 22.8 Å². The minimum Gasteiger partial charge on any atom is -0.480 e. The number of rotatable bonds is 7. The first kappa shape index (κ1) is 21.2. The molecule has 0 spiro atoms. The van der Waals surface area contributed by atoms with Gasteiger partial charge in [0.2, 0.25) is 5.95 Å². The molecule has 4 rings (SSSR count). The molecule has 0 atom stereocenters. The number of nitrogens with one attached hydrogen (secondary N) is 2. The summed E-state index contributed by atoms with van der Waals surface area (Å²) in [6, 6.07) is 10.9. The summed E-state index contributed by atoms with van der Waals surface area (Å²) < 4.78 is 34.8. The van der Waals surface area contributed by atoms with Gasteiger partial charge in [-0.05, 0) is 56.3 Å². The third-order valence-electron chi connectivity index (χ3n) is 4.40. The highest BCUT2D eigenvalue weighted by Gasteiger charge is 2.16. The summed E-state index contributed by atoms with van der Waals surface area (Å²) in [5.41, 5.74) is 2.53. The number of imidazole rings is 1. The fourth-order valence-corrected chi connectivity index (χ4v) is 3.91. The summed E-state index contributed by atoms with van der Waals surface area (Å²) >= 11 is 0. The summed E-state index contributed by atoms with van der Waals surface area (Å²) in [5.74, 6) is 0.0843. The van der Waals surface area contributed by atoms with E-state index in [2.05, 4.69) is 25.0 Å². The summed E-state index contributed by atoms with van der Waals surface area (Å²) in [6.45, 7) is 3.38. The van der Waals surface area contributed by atoms with Gasteiger partial charge in [0.15, 0.2) is 18.0 Å². The zero-order valence-electron chi connectivity index (χ0n) is 17.3. The van der Waals surface area contributed by atoms with E-state index in [1.54, 1.807) is 25.1 Å². The molecule has 0 aliphatic carbocycles. The number of carbonyl (C=O) groups is 1. The van der Waals surface area contributed by atoms with E-state index >= 15 is 0 Å². The number of amides is 1. The van der Waals surface area contributed by atoms with Crippen molar-refractivity contribution in [1.82, 2.24) is 19.4 Å². The lowest BCUT2D eigenvalue weighted by molar-refractivity contribution is -0.118. The fourth-order valence-electron chi connectivity index (χ4n) is 2.96. The van der Waals surface area contributed by atoms with E-state index in [1.165, 1.54) is 30.5 Å². The lowest BCUT2D eigenvalue weighted by atomic mass is 10.3. The molecular formula is C21H20N6O4S. The molecule has 0 aliphatic heterocycles. The van der Waals surface area contributed by atoms with Gasteiger partial charge in [-0.1, -0.05) is 0 Å². The number of aromatic nitrogens is 4. The van der Waals surface area contributed by atoms with Crippen LogP contribution >= 0.6 is 0 Å². The maximum atomic E-state index is 12.5. The van der Waals surface area contributed by atoms with E-state index in [9.17, 15) is 13.2 Å². The minimum absolute atomic E-state index is 0.0118. The monoisotopic (exact) mass is 452 g/mol. The third kappa shape index (κ3) is 4.83. The van der Waals surface area contributed by atoms with Crippen LogP contribution in [0.5, 0.6) is 5.75 Å². The Morgan fingerprint density at radius 1 is 1.06 bits per heavy atom. The van der Waals surface area contributed by atoms with Crippen LogP contribution in [0.25, 0.3) is 5.65 Å².